The number of fused-ring (bicyclic) bond motifs is 1. The van der Waals surface area contributed by atoms with Crippen LogP contribution in [-0.2, 0) is 14.3 Å². The number of hydrogen-bond donors (Lipinski definition) is 0. The van der Waals surface area contributed by atoms with Gasteiger partial charge in [-0.05, 0) is 39.0 Å². The summed E-state index contributed by atoms with van der Waals surface area (Å²) in [7, 11) is 0. The SMILES string of the molecule is CCOC(=O)C1CCCC2OC(C)C(C)C21. The molecular formula is C13H22O3. The molecule has 1 saturated carbocycles. The van der Waals surface area contributed by atoms with Gasteiger partial charge in [-0.25, -0.2) is 0 Å². The van der Waals surface area contributed by atoms with Crippen LogP contribution in [0.4, 0.5) is 0 Å². The summed E-state index contributed by atoms with van der Waals surface area (Å²) in [5.41, 5.74) is 0. The number of carbonyl (C=O) groups excluding carboxylic acids is 1. The van der Waals surface area contributed by atoms with Crippen LogP contribution in [0.25, 0.3) is 0 Å². The van der Waals surface area contributed by atoms with E-state index in [1.54, 1.807) is 0 Å². The van der Waals surface area contributed by atoms with E-state index in [2.05, 4.69) is 13.8 Å². The third-order valence-electron chi connectivity index (χ3n) is 4.22. The molecule has 1 aliphatic carbocycles. The lowest BCUT2D eigenvalue weighted by Gasteiger charge is -2.32. The van der Waals surface area contributed by atoms with Crippen LogP contribution >= 0.6 is 0 Å². The highest BCUT2D eigenvalue weighted by Crippen LogP contribution is 2.44. The first-order valence-corrected chi connectivity index (χ1v) is 6.47. The summed E-state index contributed by atoms with van der Waals surface area (Å²) in [6.45, 7) is 6.67. The Balaban J connectivity index is 2.10. The van der Waals surface area contributed by atoms with Crippen molar-refractivity contribution in [3.05, 3.63) is 0 Å². The zero-order valence-corrected chi connectivity index (χ0v) is 10.4. The summed E-state index contributed by atoms with van der Waals surface area (Å²) in [4.78, 5) is 11.9. The van der Waals surface area contributed by atoms with Crippen molar-refractivity contribution < 1.29 is 14.3 Å². The second-order valence-corrected chi connectivity index (χ2v) is 5.11. The second-order valence-electron chi connectivity index (χ2n) is 5.11. The molecule has 0 N–H and O–H groups in total. The first kappa shape index (κ1) is 11.9. The standard InChI is InChI=1S/C13H22O3/c1-4-15-13(14)10-6-5-7-11-12(10)8(2)9(3)16-11/h8-12H,4-7H2,1-3H3. The average Bonchev–Trinajstić information content (AvgIpc) is 2.55. The number of carbonyl (C=O) groups is 1. The van der Waals surface area contributed by atoms with Gasteiger partial charge in [0.2, 0.25) is 0 Å². The highest BCUT2D eigenvalue weighted by Gasteiger charge is 2.48. The lowest BCUT2D eigenvalue weighted by Crippen LogP contribution is -2.37. The molecule has 0 spiro atoms. The fourth-order valence-corrected chi connectivity index (χ4v) is 3.28. The predicted molar refractivity (Wildman–Crippen MR) is 61.0 cm³/mol. The molecule has 0 aromatic rings. The van der Waals surface area contributed by atoms with E-state index in [9.17, 15) is 4.79 Å². The molecule has 2 rings (SSSR count). The largest absolute Gasteiger partial charge is 0.466 e. The molecule has 3 nitrogen and oxygen atoms in total. The summed E-state index contributed by atoms with van der Waals surface area (Å²) < 4.78 is 11.1. The molecule has 5 unspecified atom stereocenters. The highest BCUT2D eigenvalue weighted by atomic mass is 16.5. The van der Waals surface area contributed by atoms with Gasteiger partial charge in [0.05, 0.1) is 24.7 Å². The quantitative estimate of drug-likeness (QED) is 0.678. The lowest BCUT2D eigenvalue weighted by atomic mass is 9.72. The van der Waals surface area contributed by atoms with Crippen LogP contribution in [0.5, 0.6) is 0 Å². The first-order chi connectivity index (χ1) is 7.65. The van der Waals surface area contributed by atoms with Crippen LogP contribution in [-0.4, -0.2) is 24.8 Å². The van der Waals surface area contributed by atoms with Gasteiger partial charge in [0, 0.05) is 5.92 Å². The monoisotopic (exact) mass is 226 g/mol. The van der Waals surface area contributed by atoms with Crippen LogP contribution in [0.15, 0.2) is 0 Å². The minimum absolute atomic E-state index is 0.0123. The molecule has 0 radical (unpaired) electrons. The number of ether oxygens (including phenoxy) is 2. The highest BCUT2D eigenvalue weighted by molar-refractivity contribution is 5.73. The summed E-state index contributed by atoms with van der Waals surface area (Å²) in [5.74, 6) is 0.905. The second kappa shape index (κ2) is 4.74. The van der Waals surface area contributed by atoms with Gasteiger partial charge in [0.1, 0.15) is 0 Å². The normalized spacial score (nSPS) is 42.8. The minimum Gasteiger partial charge on any atom is -0.466 e. The van der Waals surface area contributed by atoms with E-state index in [-0.39, 0.29) is 24.1 Å². The zero-order chi connectivity index (χ0) is 11.7. The van der Waals surface area contributed by atoms with Gasteiger partial charge in [0.25, 0.3) is 0 Å². The van der Waals surface area contributed by atoms with Crippen molar-refractivity contribution in [2.75, 3.05) is 6.61 Å². The van der Waals surface area contributed by atoms with E-state index in [4.69, 9.17) is 9.47 Å². The molecule has 2 aliphatic rings. The third-order valence-corrected chi connectivity index (χ3v) is 4.22. The Kier molecular flexibility index (Phi) is 3.53. The molecule has 0 amide bonds. The zero-order valence-electron chi connectivity index (χ0n) is 10.4. The van der Waals surface area contributed by atoms with Crippen molar-refractivity contribution in [2.45, 2.75) is 52.2 Å². The molecule has 16 heavy (non-hydrogen) atoms. The maximum atomic E-state index is 11.9. The molecule has 0 bridgehead atoms. The Bertz CT molecular complexity index is 264. The van der Waals surface area contributed by atoms with E-state index < -0.39 is 0 Å². The van der Waals surface area contributed by atoms with Gasteiger partial charge in [-0.2, -0.15) is 0 Å². The lowest BCUT2D eigenvalue weighted by molar-refractivity contribution is -0.153. The first-order valence-electron chi connectivity index (χ1n) is 6.47. The van der Waals surface area contributed by atoms with Gasteiger partial charge in [-0.3, -0.25) is 4.79 Å². The van der Waals surface area contributed by atoms with E-state index in [1.165, 1.54) is 0 Å². The molecule has 0 aromatic heterocycles. The van der Waals surface area contributed by atoms with Crippen molar-refractivity contribution >= 4 is 5.97 Å². The topological polar surface area (TPSA) is 35.5 Å². The van der Waals surface area contributed by atoms with Gasteiger partial charge in [0.15, 0.2) is 0 Å². The summed E-state index contributed by atoms with van der Waals surface area (Å²) in [6.07, 6.45) is 3.73. The molecule has 1 saturated heterocycles. The van der Waals surface area contributed by atoms with Crippen molar-refractivity contribution in [3.8, 4) is 0 Å². The molecule has 1 heterocycles. The smallest absolute Gasteiger partial charge is 0.309 e. The maximum absolute atomic E-state index is 11.9. The molecular weight excluding hydrogens is 204 g/mol. The van der Waals surface area contributed by atoms with Gasteiger partial charge in [-0.15, -0.1) is 0 Å². The van der Waals surface area contributed by atoms with E-state index >= 15 is 0 Å². The van der Waals surface area contributed by atoms with Crippen molar-refractivity contribution in [1.82, 2.24) is 0 Å². The Morgan fingerprint density at radius 1 is 1.38 bits per heavy atom. The molecule has 5 atom stereocenters. The maximum Gasteiger partial charge on any atom is 0.309 e. The molecule has 92 valence electrons. The van der Waals surface area contributed by atoms with Crippen LogP contribution in [0.1, 0.15) is 40.0 Å². The third kappa shape index (κ3) is 1.97. The predicted octanol–water partition coefficient (Wildman–Crippen LogP) is 2.39. The molecule has 1 aliphatic heterocycles. The molecule has 0 aromatic carbocycles. The Labute approximate surface area is 97.5 Å². The van der Waals surface area contributed by atoms with Crippen LogP contribution in [0.2, 0.25) is 0 Å². The van der Waals surface area contributed by atoms with Gasteiger partial charge < -0.3 is 9.47 Å². The summed E-state index contributed by atoms with van der Waals surface area (Å²) in [5, 5.41) is 0. The number of rotatable bonds is 2. The van der Waals surface area contributed by atoms with E-state index in [0.717, 1.165) is 19.3 Å². The van der Waals surface area contributed by atoms with Gasteiger partial charge >= 0.3 is 5.97 Å². The molecule has 2 fully saturated rings. The summed E-state index contributed by atoms with van der Waals surface area (Å²) >= 11 is 0. The van der Waals surface area contributed by atoms with E-state index in [0.29, 0.717) is 18.4 Å². The van der Waals surface area contributed by atoms with Crippen molar-refractivity contribution in [3.63, 3.8) is 0 Å². The van der Waals surface area contributed by atoms with Crippen molar-refractivity contribution in [2.24, 2.45) is 17.8 Å². The van der Waals surface area contributed by atoms with Gasteiger partial charge in [-0.1, -0.05) is 6.92 Å². The van der Waals surface area contributed by atoms with Crippen LogP contribution in [0.3, 0.4) is 0 Å². The minimum atomic E-state index is -0.0123. The van der Waals surface area contributed by atoms with Crippen LogP contribution < -0.4 is 0 Å². The average molecular weight is 226 g/mol. The fourth-order valence-electron chi connectivity index (χ4n) is 3.28. The fraction of sp³-hybridized carbons (Fsp3) is 0.923. The van der Waals surface area contributed by atoms with Crippen molar-refractivity contribution in [1.29, 1.82) is 0 Å². The molecule has 3 heteroatoms. The Morgan fingerprint density at radius 3 is 2.81 bits per heavy atom. The van der Waals surface area contributed by atoms with E-state index in [1.807, 2.05) is 6.92 Å². The number of hydrogen-bond acceptors (Lipinski definition) is 3. The Morgan fingerprint density at radius 2 is 2.12 bits per heavy atom. The Hall–Kier alpha value is -0.570. The number of esters is 1. The summed E-state index contributed by atoms with van der Waals surface area (Å²) in [6, 6.07) is 0. The van der Waals surface area contributed by atoms with Crippen LogP contribution in [0, 0.1) is 17.8 Å².